The normalized spacial score (nSPS) is 10.5. The average Bonchev–Trinajstić information content (AvgIpc) is 2.52. The number of hydrogen-bond donors (Lipinski definition) is 2. The summed E-state index contributed by atoms with van der Waals surface area (Å²) in [5.74, 6) is 7.63. The predicted octanol–water partition coefficient (Wildman–Crippen LogP) is 2.47. The molecule has 6 heteroatoms. The number of anilines is 1. The van der Waals surface area contributed by atoms with Crippen LogP contribution in [0.2, 0.25) is 0 Å². The van der Waals surface area contributed by atoms with Crippen LogP contribution in [-0.2, 0) is 6.61 Å². The van der Waals surface area contributed by atoms with E-state index in [9.17, 15) is 0 Å². The van der Waals surface area contributed by atoms with Crippen molar-refractivity contribution in [3.8, 4) is 11.6 Å². The van der Waals surface area contributed by atoms with E-state index in [2.05, 4.69) is 15.4 Å². The van der Waals surface area contributed by atoms with Crippen molar-refractivity contribution in [1.29, 1.82) is 0 Å². The van der Waals surface area contributed by atoms with Crippen LogP contribution in [0.25, 0.3) is 0 Å². The molecular formula is C15H20N4O2. The zero-order valence-corrected chi connectivity index (χ0v) is 12.5. The molecule has 0 radical (unpaired) electrons. The number of hydrazine groups is 1. The molecule has 0 aliphatic heterocycles. The fourth-order valence-electron chi connectivity index (χ4n) is 2.00. The first-order chi connectivity index (χ1) is 10.2. The second-order valence-electron chi connectivity index (χ2n) is 4.88. The number of nitrogens with one attached hydrogen (secondary N) is 1. The van der Waals surface area contributed by atoms with Crippen LogP contribution in [-0.4, -0.2) is 17.1 Å². The molecule has 0 atom stereocenters. The van der Waals surface area contributed by atoms with Crippen molar-refractivity contribution in [2.24, 2.45) is 5.84 Å². The van der Waals surface area contributed by atoms with Crippen LogP contribution in [0.3, 0.4) is 0 Å². The minimum atomic E-state index is 0.197. The molecule has 2 rings (SSSR count). The van der Waals surface area contributed by atoms with Gasteiger partial charge in [-0.25, -0.2) is 15.8 Å². The first-order valence-electron chi connectivity index (χ1n) is 6.73. The van der Waals surface area contributed by atoms with Crippen LogP contribution in [0, 0.1) is 0 Å². The molecule has 21 heavy (non-hydrogen) atoms. The Morgan fingerprint density at radius 3 is 2.48 bits per heavy atom. The Morgan fingerprint density at radius 2 is 1.90 bits per heavy atom. The standard InChI is InChI=1S/C15H20N4O2/c1-10(2)13-14(19-16)17-9-18-15(13)21-8-11-4-6-12(20-3)7-5-11/h4-7,9-10H,8,16H2,1-3H3,(H,17,18,19). The molecule has 1 aromatic heterocycles. The van der Waals surface area contributed by atoms with Gasteiger partial charge in [-0.3, -0.25) is 0 Å². The van der Waals surface area contributed by atoms with E-state index in [0.29, 0.717) is 18.3 Å². The largest absolute Gasteiger partial charge is 0.497 e. The Balaban J connectivity index is 2.15. The van der Waals surface area contributed by atoms with Crippen LogP contribution in [0.5, 0.6) is 11.6 Å². The van der Waals surface area contributed by atoms with Crippen LogP contribution < -0.4 is 20.7 Å². The summed E-state index contributed by atoms with van der Waals surface area (Å²) < 4.78 is 10.9. The van der Waals surface area contributed by atoms with E-state index >= 15 is 0 Å². The summed E-state index contributed by atoms with van der Waals surface area (Å²) in [6.07, 6.45) is 1.43. The van der Waals surface area contributed by atoms with E-state index in [1.807, 2.05) is 38.1 Å². The van der Waals surface area contributed by atoms with Crippen molar-refractivity contribution in [1.82, 2.24) is 9.97 Å². The van der Waals surface area contributed by atoms with Crippen molar-refractivity contribution < 1.29 is 9.47 Å². The molecule has 112 valence electrons. The van der Waals surface area contributed by atoms with Crippen molar-refractivity contribution in [2.45, 2.75) is 26.4 Å². The SMILES string of the molecule is COc1ccc(COc2ncnc(NN)c2C(C)C)cc1. The summed E-state index contributed by atoms with van der Waals surface area (Å²) in [6.45, 7) is 4.50. The topological polar surface area (TPSA) is 82.3 Å². The maximum atomic E-state index is 5.81. The molecule has 0 aliphatic rings. The second kappa shape index (κ2) is 6.90. The highest BCUT2D eigenvalue weighted by Gasteiger charge is 2.15. The van der Waals surface area contributed by atoms with Crippen LogP contribution in [0.1, 0.15) is 30.9 Å². The molecule has 1 aromatic carbocycles. The number of ether oxygens (including phenoxy) is 2. The summed E-state index contributed by atoms with van der Waals surface area (Å²) in [5, 5.41) is 0. The third kappa shape index (κ3) is 3.61. The smallest absolute Gasteiger partial charge is 0.222 e. The van der Waals surface area contributed by atoms with Gasteiger partial charge in [0.2, 0.25) is 5.88 Å². The molecule has 0 spiro atoms. The molecule has 1 heterocycles. The van der Waals surface area contributed by atoms with E-state index in [1.165, 1.54) is 6.33 Å². The number of aromatic nitrogens is 2. The van der Waals surface area contributed by atoms with Crippen molar-refractivity contribution in [3.05, 3.63) is 41.7 Å². The maximum Gasteiger partial charge on any atom is 0.222 e. The lowest BCUT2D eigenvalue weighted by Crippen LogP contribution is -2.14. The lowest BCUT2D eigenvalue weighted by atomic mass is 10.1. The van der Waals surface area contributed by atoms with Crippen molar-refractivity contribution in [3.63, 3.8) is 0 Å². The van der Waals surface area contributed by atoms with E-state index < -0.39 is 0 Å². The van der Waals surface area contributed by atoms with E-state index in [0.717, 1.165) is 16.9 Å². The quantitative estimate of drug-likeness (QED) is 0.627. The molecule has 0 saturated heterocycles. The summed E-state index contributed by atoms with van der Waals surface area (Å²) in [7, 11) is 1.64. The minimum absolute atomic E-state index is 0.197. The molecule has 0 bridgehead atoms. The number of methoxy groups -OCH3 is 1. The Hall–Kier alpha value is -2.34. The molecule has 0 saturated carbocycles. The lowest BCUT2D eigenvalue weighted by Gasteiger charge is -2.15. The summed E-state index contributed by atoms with van der Waals surface area (Å²) in [4.78, 5) is 8.32. The number of nitrogens with zero attached hydrogens (tertiary/aromatic N) is 2. The van der Waals surface area contributed by atoms with Gasteiger partial charge in [-0.1, -0.05) is 26.0 Å². The molecular weight excluding hydrogens is 268 g/mol. The number of rotatable bonds is 6. The molecule has 0 fully saturated rings. The highest BCUT2D eigenvalue weighted by Crippen LogP contribution is 2.29. The number of nitrogen functional groups attached to an aromatic ring is 1. The first-order valence-corrected chi connectivity index (χ1v) is 6.73. The van der Waals surface area contributed by atoms with Gasteiger partial charge in [0, 0.05) is 0 Å². The monoisotopic (exact) mass is 288 g/mol. The minimum Gasteiger partial charge on any atom is -0.497 e. The lowest BCUT2D eigenvalue weighted by molar-refractivity contribution is 0.288. The number of benzene rings is 1. The molecule has 2 aromatic rings. The second-order valence-corrected chi connectivity index (χ2v) is 4.88. The third-order valence-corrected chi connectivity index (χ3v) is 3.10. The van der Waals surface area contributed by atoms with E-state index in [-0.39, 0.29) is 5.92 Å². The Kier molecular flexibility index (Phi) is 4.94. The van der Waals surface area contributed by atoms with E-state index in [1.54, 1.807) is 7.11 Å². The van der Waals surface area contributed by atoms with Crippen LogP contribution in [0.4, 0.5) is 5.82 Å². The fraction of sp³-hybridized carbons (Fsp3) is 0.333. The summed E-state index contributed by atoms with van der Waals surface area (Å²) >= 11 is 0. The average molecular weight is 288 g/mol. The molecule has 0 aliphatic carbocycles. The van der Waals surface area contributed by atoms with Crippen LogP contribution >= 0.6 is 0 Å². The molecule has 0 amide bonds. The van der Waals surface area contributed by atoms with Gasteiger partial charge in [0.15, 0.2) is 5.82 Å². The van der Waals surface area contributed by atoms with Gasteiger partial charge in [-0.15, -0.1) is 0 Å². The van der Waals surface area contributed by atoms with Crippen LogP contribution in [0.15, 0.2) is 30.6 Å². The van der Waals surface area contributed by atoms with Gasteiger partial charge in [0.1, 0.15) is 18.7 Å². The molecule has 6 nitrogen and oxygen atoms in total. The zero-order chi connectivity index (χ0) is 15.2. The molecule has 3 N–H and O–H groups in total. The van der Waals surface area contributed by atoms with E-state index in [4.69, 9.17) is 15.3 Å². The Morgan fingerprint density at radius 1 is 1.19 bits per heavy atom. The van der Waals surface area contributed by atoms with Crippen molar-refractivity contribution >= 4 is 5.82 Å². The van der Waals surface area contributed by atoms with Gasteiger partial charge in [-0.2, -0.15) is 0 Å². The van der Waals surface area contributed by atoms with Gasteiger partial charge in [-0.05, 0) is 23.6 Å². The summed E-state index contributed by atoms with van der Waals surface area (Å²) in [5.41, 5.74) is 4.49. The highest BCUT2D eigenvalue weighted by atomic mass is 16.5. The van der Waals surface area contributed by atoms with Gasteiger partial charge in [0.05, 0.1) is 12.7 Å². The van der Waals surface area contributed by atoms with Gasteiger partial charge >= 0.3 is 0 Å². The fourth-order valence-corrected chi connectivity index (χ4v) is 2.00. The third-order valence-electron chi connectivity index (χ3n) is 3.10. The Bertz CT molecular complexity index is 585. The number of nitrogens with two attached hydrogens (primary N) is 1. The maximum absolute atomic E-state index is 5.81. The first kappa shape index (κ1) is 15.1. The Labute approximate surface area is 124 Å². The van der Waals surface area contributed by atoms with Gasteiger partial charge in [0.25, 0.3) is 0 Å². The summed E-state index contributed by atoms with van der Waals surface area (Å²) in [6, 6.07) is 7.71. The van der Waals surface area contributed by atoms with Gasteiger partial charge < -0.3 is 14.9 Å². The zero-order valence-electron chi connectivity index (χ0n) is 12.5. The predicted molar refractivity (Wildman–Crippen MR) is 81.3 cm³/mol. The van der Waals surface area contributed by atoms with Crippen molar-refractivity contribution in [2.75, 3.05) is 12.5 Å². The highest BCUT2D eigenvalue weighted by molar-refractivity contribution is 5.49. The number of hydrogen-bond acceptors (Lipinski definition) is 6. The molecule has 0 unspecified atom stereocenters.